The van der Waals surface area contributed by atoms with Crippen LogP contribution >= 0.6 is 11.6 Å². The highest BCUT2D eigenvalue weighted by Gasteiger charge is 2.30. The van der Waals surface area contributed by atoms with Gasteiger partial charge in [0.25, 0.3) is 5.91 Å². The molecule has 0 spiro atoms. The van der Waals surface area contributed by atoms with Crippen molar-refractivity contribution in [3.8, 4) is 22.6 Å². The molecule has 5 N–H and O–H groups in total. The number of nitrogens with zero attached hydrogens (tertiary/aromatic N) is 1. The minimum Gasteiger partial charge on any atom is -0.497 e. The van der Waals surface area contributed by atoms with Gasteiger partial charge in [0, 0.05) is 35.7 Å². The van der Waals surface area contributed by atoms with Gasteiger partial charge in [0.05, 0.1) is 37.3 Å². The molecule has 240 valence electrons. The maximum Gasteiger partial charge on any atom is 0.255 e. The van der Waals surface area contributed by atoms with Gasteiger partial charge in [0.1, 0.15) is 17.5 Å². The van der Waals surface area contributed by atoms with E-state index in [9.17, 15) is 9.59 Å². The molecular formula is C37H36ClN5O4. The zero-order valence-corrected chi connectivity index (χ0v) is 26.7. The topological polar surface area (TPSA) is 131 Å². The Morgan fingerprint density at radius 1 is 1.02 bits per heavy atom. The maximum absolute atomic E-state index is 13.6. The van der Waals surface area contributed by atoms with Crippen LogP contribution in [0.2, 0.25) is 5.02 Å². The van der Waals surface area contributed by atoms with Gasteiger partial charge >= 0.3 is 0 Å². The molecule has 2 amide bonds. The summed E-state index contributed by atoms with van der Waals surface area (Å²) in [5, 5.41) is 7.24. The minimum atomic E-state index is -0.910. The number of halogens is 1. The lowest BCUT2D eigenvalue weighted by atomic mass is 9.92. The third-order valence-corrected chi connectivity index (χ3v) is 8.71. The van der Waals surface area contributed by atoms with Crippen molar-refractivity contribution in [3.05, 3.63) is 136 Å². The SMILES string of the molecule is COc1ccc(-c2ccccc2CC(NC2CCOc3c(C(=O)N[C@@H](Cc4ccc(Cl)cc4)C(N)=O)cccc32)c2cnc[nH]2)cc1. The van der Waals surface area contributed by atoms with Gasteiger partial charge in [-0.3, -0.25) is 9.59 Å². The number of amides is 2. The molecule has 0 saturated heterocycles. The van der Waals surface area contributed by atoms with E-state index < -0.39 is 17.9 Å². The van der Waals surface area contributed by atoms with Crippen LogP contribution in [0.1, 0.15) is 51.2 Å². The molecule has 10 heteroatoms. The summed E-state index contributed by atoms with van der Waals surface area (Å²) < 4.78 is 11.5. The summed E-state index contributed by atoms with van der Waals surface area (Å²) in [6.45, 7) is 0.414. The summed E-state index contributed by atoms with van der Waals surface area (Å²) >= 11 is 6.01. The number of carbonyl (C=O) groups is 2. The molecule has 2 unspecified atom stereocenters. The van der Waals surface area contributed by atoms with E-state index in [0.29, 0.717) is 35.8 Å². The fourth-order valence-corrected chi connectivity index (χ4v) is 6.15. The van der Waals surface area contributed by atoms with Gasteiger partial charge < -0.3 is 30.8 Å². The molecule has 0 radical (unpaired) electrons. The van der Waals surface area contributed by atoms with Crippen molar-refractivity contribution in [2.75, 3.05) is 13.7 Å². The Morgan fingerprint density at radius 3 is 2.53 bits per heavy atom. The molecule has 2 heterocycles. The number of primary amides is 1. The number of aromatic nitrogens is 2. The van der Waals surface area contributed by atoms with Crippen LogP contribution in [0.3, 0.4) is 0 Å². The molecule has 1 aliphatic heterocycles. The molecule has 1 aliphatic rings. The van der Waals surface area contributed by atoms with Gasteiger partial charge in [-0.05, 0) is 59.0 Å². The normalized spacial score (nSPS) is 15.1. The van der Waals surface area contributed by atoms with Crippen molar-refractivity contribution in [1.82, 2.24) is 20.6 Å². The van der Waals surface area contributed by atoms with E-state index in [1.165, 1.54) is 5.56 Å². The van der Waals surface area contributed by atoms with Crippen LogP contribution in [0.5, 0.6) is 11.5 Å². The van der Waals surface area contributed by atoms with Crippen LogP contribution in [0.25, 0.3) is 11.1 Å². The van der Waals surface area contributed by atoms with Crippen LogP contribution in [0.4, 0.5) is 0 Å². The first-order valence-corrected chi connectivity index (χ1v) is 15.8. The zero-order chi connectivity index (χ0) is 32.8. The smallest absolute Gasteiger partial charge is 0.255 e. The number of ether oxygens (including phenoxy) is 2. The largest absolute Gasteiger partial charge is 0.497 e. The number of nitrogens with one attached hydrogen (secondary N) is 3. The van der Waals surface area contributed by atoms with E-state index in [4.69, 9.17) is 26.8 Å². The van der Waals surface area contributed by atoms with Gasteiger partial charge in [-0.2, -0.15) is 0 Å². The van der Waals surface area contributed by atoms with Crippen molar-refractivity contribution >= 4 is 23.4 Å². The molecule has 6 rings (SSSR count). The maximum atomic E-state index is 13.6. The number of benzene rings is 4. The van der Waals surface area contributed by atoms with Crippen molar-refractivity contribution in [3.63, 3.8) is 0 Å². The van der Waals surface area contributed by atoms with Gasteiger partial charge in [-0.15, -0.1) is 0 Å². The van der Waals surface area contributed by atoms with Crippen molar-refractivity contribution in [1.29, 1.82) is 0 Å². The highest BCUT2D eigenvalue weighted by atomic mass is 35.5. The van der Waals surface area contributed by atoms with Crippen LogP contribution in [-0.2, 0) is 17.6 Å². The summed E-state index contributed by atoms with van der Waals surface area (Å²) in [6.07, 6.45) is 5.13. The summed E-state index contributed by atoms with van der Waals surface area (Å²) in [4.78, 5) is 33.5. The van der Waals surface area contributed by atoms with E-state index in [1.807, 2.05) is 42.6 Å². The molecule has 0 fully saturated rings. The number of para-hydroxylation sites is 1. The highest BCUT2D eigenvalue weighted by Crippen LogP contribution is 2.37. The Bertz CT molecular complexity index is 1830. The predicted octanol–water partition coefficient (Wildman–Crippen LogP) is 5.96. The predicted molar refractivity (Wildman–Crippen MR) is 181 cm³/mol. The van der Waals surface area contributed by atoms with E-state index in [2.05, 4.69) is 44.9 Å². The molecule has 0 saturated carbocycles. The quantitative estimate of drug-likeness (QED) is 0.132. The fourth-order valence-electron chi connectivity index (χ4n) is 6.02. The monoisotopic (exact) mass is 649 g/mol. The second-order valence-corrected chi connectivity index (χ2v) is 11.9. The summed E-state index contributed by atoms with van der Waals surface area (Å²) in [6, 6.07) is 27.9. The van der Waals surface area contributed by atoms with Crippen LogP contribution in [0.15, 0.2) is 104 Å². The molecule has 9 nitrogen and oxygen atoms in total. The van der Waals surface area contributed by atoms with Gasteiger partial charge in [0.2, 0.25) is 5.91 Å². The van der Waals surface area contributed by atoms with Gasteiger partial charge in [0.15, 0.2) is 0 Å². The second-order valence-electron chi connectivity index (χ2n) is 11.5. The van der Waals surface area contributed by atoms with Crippen molar-refractivity contribution in [2.24, 2.45) is 5.73 Å². The molecule has 0 aliphatic carbocycles. The average molecular weight is 650 g/mol. The Balaban J connectivity index is 1.24. The molecule has 47 heavy (non-hydrogen) atoms. The lowest BCUT2D eigenvalue weighted by Gasteiger charge is -2.32. The van der Waals surface area contributed by atoms with E-state index in [-0.39, 0.29) is 18.5 Å². The van der Waals surface area contributed by atoms with Crippen LogP contribution in [-0.4, -0.2) is 41.5 Å². The Labute approximate surface area is 278 Å². The van der Waals surface area contributed by atoms with Crippen molar-refractivity contribution < 1.29 is 19.1 Å². The number of nitrogens with two attached hydrogens (primary N) is 1. The second kappa shape index (κ2) is 14.5. The lowest BCUT2D eigenvalue weighted by Crippen LogP contribution is -2.46. The minimum absolute atomic E-state index is 0.117. The average Bonchev–Trinajstić information content (AvgIpc) is 3.64. The number of imidazole rings is 1. The third-order valence-electron chi connectivity index (χ3n) is 8.46. The number of H-pyrrole nitrogens is 1. The third kappa shape index (κ3) is 7.48. The number of aromatic amines is 1. The standard InChI is InChI=1S/C37H36ClN5O4/c1-46-27-15-11-24(12-16-27)28-6-3-2-5-25(28)20-32(34-21-40-22-41-34)42-31-17-18-47-35-29(31)7-4-8-30(35)37(45)43-33(36(39)44)19-23-9-13-26(38)14-10-23/h2-16,21-22,31-33,42H,17-20H2,1H3,(H2,39,44)(H,40,41)(H,43,45)/t31?,32?,33-/m0/s1. The number of carbonyl (C=O) groups excluding carboxylic acids is 2. The molecule has 4 aromatic carbocycles. The molecule has 5 aromatic rings. The Kier molecular flexibility index (Phi) is 9.85. The van der Waals surface area contributed by atoms with E-state index in [1.54, 1.807) is 43.8 Å². The number of hydrogen-bond acceptors (Lipinski definition) is 6. The fraction of sp³-hybridized carbons (Fsp3) is 0.216. The van der Waals surface area contributed by atoms with Gasteiger partial charge in [-0.1, -0.05) is 72.3 Å². The molecular weight excluding hydrogens is 614 g/mol. The molecule has 0 bridgehead atoms. The first kappa shape index (κ1) is 31.8. The summed E-state index contributed by atoms with van der Waals surface area (Å²) in [5.74, 6) is 0.237. The van der Waals surface area contributed by atoms with E-state index >= 15 is 0 Å². The number of fused-ring (bicyclic) bond motifs is 1. The Hall–Kier alpha value is -5.12. The number of hydrogen-bond donors (Lipinski definition) is 4. The van der Waals surface area contributed by atoms with Crippen LogP contribution in [0, 0.1) is 0 Å². The van der Waals surface area contributed by atoms with Crippen molar-refractivity contribution in [2.45, 2.75) is 37.4 Å². The van der Waals surface area contributed by atoms with Crippen LogP contribution < -0.4 is 25.8 Å². The molecule has 3 atom stereocenters. The van der Waals surface area contributed by atoms with E-state index in [0.717, 1.165) is 33.7 Å². The lowest BCUT2D eigenvalue weighted by molar-refractivity contribution is -0.119. The highest BCUT2D eigenvalue weighted by molar-refractivity contribution is 6.30. The molecule has 1 aromatic heterocycles. The summed E-state index contributed by atoms with van der Waals surface area (Å²) in [7, 11) is 1.66. The zero-order valence-electron chi connectivity index (χ0n) is 25.9. The number of rotatable bonds is 12. The first-order valence-electron chi connectivity index (χ1n) is 15.5. The summed E-state index contributed by atoms with van der Waals surface area (Å²) in [5.41, 5.74) is 12.1. The van der Waals surface area contributed by atoms with Gasteiger partial charge in [-0.25, -0.2) is 4.98 Å². The first-order chi connectivity index (χ1) is 22.9. The Morgan fingerprint density at radius 2 is 1.81 bits per heavy atom. The number of methoxy groups -OCH3 is 1.